The fourth-order valence-corrected chi connectivity index (χ4v) is 3.16. The number of hydrogen-bond acceptors (Lipinski definition) is 4. The second-order valence-electron chi connectivity index (χ2n) is 6.04. The SMILES string of the molecule is CC(=O)N1CC[C@@H](Cc2cccc(-c3c(C)noc3C)n2)C1. The number of aryl methyl sites for hydroxylation is 2. The summed E-state index contributed by atoms with van der Waals surface area (Å²) in [5.41, 5.74) is 3.83. The second-order valence-corrected chi connectivity index (χ2v) is 6.04. The van der Waals surface area contributed by atoms with E-state index in [1.165, 1.54) is 0 Å². The van der Waals surface area contributed by atoms with Crippen LogP contribution in [-0.4, -0.2) is 34.0 Å². The van der Waals surface area contributed by atoms with Gasteiger partial charge in [-0.1, -0.05) is 11.2 Å². The lowest BCUT2D eigenvalue weighted by molar-refractivity contribution is -0.127. The average Bonchev–Trinajstić information content (AvgIpc) is 3.06. The van der Waals surface area contributed by atoms with Crippen LogP contribution in [0.4, 0.5) is 0 Å². The maximum atomic E-state index is 11.4. The molecule has 2 aromatic rings. The maximum Gasteiger partial charge on any atom is 0.219 e. The van der Waals surface area contributed by atoms with Crippen LogP contribution in [0.2, 0.25) is 0 Å². The standard InChI is InChI=1S/C17H21N3O2/c1-11-17(12(2)22-19-11)16-6-4-5-15(18-16)9-14-7-8-20(10-14)13(3)21/h4-6,14H,7-10H2,1-3H3/t14-/m0/s1. The summed E-state index contributed by atoms with van der Waals surface area (Å²) < 4.78 is 5.23. The normalized spacial score (nSPS) is 18.0. The summed E-state index contributed by atoms with van der Waals surface area (Å²) in [6, 6.07) is 6.08. The first-order valence-corrected chi connectivity index (χ1v) is 7.69. The van der Waals surface area contributed by atoms with Crippen molar-refractivity contribution in [3.63, 3.8) is 0 Å². The molecule has 116 valence electrons. The van der Waals surface area contributed by atoms with Crippen LogP contribution < -0.4 is 0 Å². The van der Waals surface area contributed by atoms with Gasteiger partial charge in [-0.15, -0.1) is 0 Å². The summed E-state index contributed by atoms with van der Waals surface area (Å²) in [4.78, 5) is 18.1. The van der Waals surface area contributed by atoms with Crippen molar-refractivity contribution in [1.29, 1.82) is 0 Å². The van der Waals surface area contributed by atoms with E-state index in [0.29, 0.717) is 5.92 Å². The van der Waals surface area contributed by atoms with Crippen LogP contribution in [0.1, 0.15) is 30.5 Å². The molecule has 0 aliphatic carbocycles. The average molecular weight is 299 g/mol. The second kappa shape index (κ2) is 5.91. The van der Waals surface area contributed by atoms with Gasteiger partial charge in [0.05, 0.1) is 17.0 Å². The first-order chi connectivity index (χ1) is 10.5. The highest BCUT2D eigenvalue weighted by molar-refractivity contribution is 5.73. The largest absolute Gasteiger partial charge is 0.361 e. The van der Waals surface area contributed by atoms with Crippen LogP contribution in [0, 0.1) is 19.8 Å². The summed E-state index contributed by atoms with van der Waals surface area (Å²) in [7, 11) is 0. The molecule has 0 aromatic carbocycles. The highest BCUT2D eigenvalue weighted by Gasteiger charge is 2.24. The first kappa shape index (κ1) is 14.8. The van der Waals surface area contributed by atoms with Crippen LogP contribution in [-0.2, 0) is 11.2 Å². The van der Waals surface area contributed by atoms with Gasteiger partial charge in [0, 0.05) is 25.7 Å². The van der Waals surface area contributed by atoms with Gasteiger partial charge in [0.15, 0.2) is 0 Å². The zero-order chi connectivity index (χ0) is 15.7. The Morgan fingerprint density at radius 1 is 1.41 bits per heavy atom. The van der Waals surface area contributed by atoms with Crippen molar-refractivity contribution in [3.05, 3.63) is 35.3 Å². The van der Waals surface area contributed by atoms with E-state index >= 15 is 0 Å². The van der Waals surface area contributed by atoms with E-state index in [4.69, 9.17) is 9.51 Å². The Morgan fingerprint density at radius 2 is 2.23 bits per heavy atom. The number of hydrogen-bond donors (Lipinski definition) is 0. The van der Waals surface area contributed by atoms with Crippen molar-refractivity contribution in [2.75, 3.05) is 13.1 Å². The molecule has 5 heteroatoms. The minimum atomic E-state index is 0.167. The molecule has 1 saturated heterocycles. The summed E-state index contributed by atoms with van der Waals surface area (Å²) in [6.45, 7) is 7.18. The van der Waals surface area contributed by atoms with E-state index in [9.17, 15) is 4.79 Å². The predicted molar refractivity (Wildman–Crippen MR) is 83.3 cm³/mol. The Kier molecular flexibility index (Phi) is 3.96. The number of carbonyl (C=O) groups excluding carboxylic acids is 1. The quantitative estimate of drug-likeness (QED) is 0.874. The van der Waals surface area contributed by atoms with Gasteiger partial charge in [-0.2, -0.15) is 0 Å². The Morgan fingerprint density at radius 3 is 2.86 bits per heavy atom. The number of rotatable bonds is 3. The lowest BCUT2D eigenvalue weighted by Gasteiger charge is -2.14. The van der Waals surface area contributed by atoms with Crippen molar-refractivity contribution >= 4 is 5.91 Å². The number of nitrogens with zero attached hydrogens (tertiary/aromatic N) is 3. The van der Waals surface area contributed by atoms with Gasteiger partial charge in [0.1, 0.15) is 5.76 Å². The highest BCUT2D eigenvalue weighted by Crippen LogP contribution is 2.26. The number of amides is 1. The fraction of sp³-hybridized carbons (Fsp3) is 0.471. The highest BCUT2D eigenvalue weighted by atomic mass is 16.5. The molecular formula is C17H21N3O2. The van der Waals surface area contributed by atoms with Gasteiger partial charge in [-0.25, -0.2) is 0 Å². The van der Waals surface area contributed by atoms with Gasteiger partial charge < -0.3 is 9.42 Å². The molecule has 0 saturated carbocycles. The zero-order valence-electron chi connectivity index (χ0n) is 13.3. The van der Waals surface area contributed by atoms with E-state index < -0.39 is 0 Å². The summed E-state index contributed by atoms with van der Waals surface area (Å²) in [5.74, 6) is 1.46. The van der Waals surface area contributed by atoms with Crippen molar-refractivity contribution in [2.45, 2.75) is 33.6 Å². The molecule has 0 unspecified atom stereocenters. The third-order valence-corrected chi connectivity index (χ3v) is 4.33. The molecule has 1 amide bonds. The van der Waals surface area contributed by atoms with Crippen LogP contribution in [0.3, 0.4) is 0 Å². The third kappa shape index (κ3) is 2.89. The summed E-state index contributed by atoms with van der Waals surface area (Å²) >= 11 is 0. The molecule has 1 fully saturated rings. The molecule has 0 bridgehead atoms. The van der Waals surface area contributed by atoms with Gasteiger partial charge >= 0.3 is 0 Å². The maximum absolute atomic E-state index is 11.4. The van der Waals surface area contributed by atoms with Gasteiger partial charge in [0.25, 0.3) is 0 Å². The molecule has 0 radical (unpaired) electrons. The minimum Gasteiger partial charge on any atom is -0.361 e. The van der Waals surface area contributed by atoms with E-state index in [0.717, 1.165) is 54.3 Å². The lowest BCUT2D eigenvalue weighted by Crippen LogP contribution is -2.26. The number of aromatic nitrogens is 2. The Hall–Kier alpha value is -2.17. The van der Waals surface area contributed by atoms with E-state index in [-0.39, 0.29) is 5.91 Å². The molecular weight excluding hydrogens is 278 g/mol. The van der Waals surface area contributed by atoms with Crippen LogP contribution in [0.5, 0.6) is 0 Å². The molecule has 3 heterocycles. The smallest absolute Gasteiger partial charge is 0.219 e. The molecule has 0 N–H and O–H groups in total. The lowest BCUT2D eigenvalue weighted by atomic mass is 10.0. The number of pyridine rings is 1. The topological polar surface area (TPSA) is 59.2 Å². The summed E-state index contributed by atoms with van der Waals surface area (Å²) in [5, 5.41) is 4.00. The van der Waals surface area contributed by atoms with Crippen LogP contribution in [0.25, 0.3) is 11.3 Å². The molecule has 3 rings (SSSR count). The minimum absolute atomic E-state index is 0.167. The third-order valence-electron chi connectivity index (χ3n) is 4.33. The molecule has 1 aliphatic heterocycles. The number of carbonyl (C=O) groups is 1. The fourth-order valence-electron chi connectivity index (χ4n) is 3.16. The monoisotopic (exact) mass is 299 g/mol. The summed E-state index contributed by atoms with van der Waals surface area (Å²) in [6.07, 6.45) is 1.96. The number of likely N-dealkylation sites (tertiary alicyclic amines) is 1. The van der Waals surface area contributed by atoms with Gasteiger partial charge in [-0.3, -0.25) is 9.78 Å². The zero-order valence-corrected chi connectivity index (χ0v) is 13.3. The molecule has 5 nitrogen and oxygen atoms in total. The Balaban J connectivity index is 1.77. The van der Waals surface area contributed by atoms with E-state index in [1.54, 1.807) is 6.92 Å². The van der Waals surface area contributed by atoms with Crippen molar-refractivity contribution in [2.24, 2.45) is 5.92 Å². The van der Waals surface area contributed by atoms with Crippen LogP contribution in [0.15, 0.2) is 22.7 Å². The molecule has 0 spiro atoms. The van der Waals surface area contributed by atoms with Gasteiger partial charge in [-0.05, 0) is 44.7 Å². The molecule has 2 aromatic heterocycles. The van der Waals surface area contributed by atoms with E-state index in [2.05, 4.69) is 11.2 Å². The van der Waals surface area contributed by atoms with E-state index in [1.807, 2.05) is 30.9 Å². The van der Waals surface area contributed by atoms with Crippen molar-refractivity contribution in [1.82, 2.24) is 15.0 Å². The van der Waals surface area contributed by atoms with Gasteiger partial charge in [0.2, 0.25) is 5.91 Å². The van der Waals surface area contributed by atoms with Crippen molar-refractivity contribution < 1.29 is 9.32 Å². The first-order valence-electron chi connectivity index (χ1n) is 7.69. The molecule has 1 aliphatic rings. The molecule has 22 heavy (non-hydrogen) atoms. The van der Waals surface area contributed by atoms with Crippen LogP contribution >= 0.6 is 0 Å². The van der Waals surface area contributed by atoms with Crippen molar-refractivity contribution in [3.8, 4) is 11.3 Å². The molecule has 1 atom stereocenters. The predicted octanol–water partition coefficient (Wildman–Crippen LogP) is 2.76. The Bertz CT molecular complexity index is 673. The Labute approximate surface area is 130 Å².